The molecule has 0 saturated carbocycles. The Balaban J connectivity index is 2.62. The standard InChI is InChI=1S/C15H15N/c1-9-8-14-15(11(3)10(9)2)12-6-4-5-7-13(12)16-14/h4-8,16H,1-3H3. The minimum Gasteiger partial charge on any atom is -0.354 e. The number of aryl methyl sites for hydroxylation is 2. The smallest absolute Gasteiger partial charge is 0.0470 e. The Morgan fingerprint density at radius 2 is 1.62 bits per heavy atom. The molecule has 0 atom stereocenters. The van der Waals surface area contributed by atoms with Crippen molar-refractivity contribution in [1.82, 2.24) is 4.98 Å². The van der Waals surface area contributed by atoms with Crippen LogP contribution >= 0.6 is 0 Å². The summed E-state index contributed by atoms with van der Waals surface area (Å²) in [5.41, 5.74) is 6.63. The van der Waals surface area contributed by atoms with E-state index < -0.39 is 0 Å². The van der Waals surface area contributed by atoms with Gasteiger partial charge in [-0.15, -0.1) is 0 Å². The van der Waals surface area contributed by atoms with Gasteiger partial charge in [0.2, 0.25) is 0 Å². The molecule has 1 heteroatoms. The number of fused-ring (bicyclic) bond motifs is 3. The van der Waals surface area contributed by atoms with Crippen molar-refractivity contribution in [1.29, 1.82) is 0 Å². The van der Waals surface area contributed by atoms with Crippen LogP contribution in [0.1, 0.15) is 16.7 Å². The summed E-state index contributed by atoms with van der Waals surface area (Å²) in [6.45, 7) is 6.59. The summed E-state index contributed by atoms with van der Waals surface area (Å²) >= 11 is 0. The highest BCUT2D eigenvalue weighted by Crippen LogP contribution is 2.31. The minimum absolute atomic E-state index is 1.23. The van der Waals surface area contributed by atoms with Crippen LogP contribution in [-0.2, 0) is 0 Å². The molecule has 1 N–H and O–H groups in total. The summed E-state index contributed by atoms with van der Waals surface area (Å²) in [5, 5.41) is 2.71. The van der Waals surface area contributed by atoms with E-state index in [-0.39, 0.29) is 0 Å². The molecule has 1 aromatic heterocycles. The van der Waals surface area contributed by atoms with Crippen molar-refractivity contribution >= 4 is 21.8 Å². The van der Waals surface area contributed by atoms with Crippen LogP contribution < -0.4 is 0 Å². The third kappa shape index (κ3) is 1.12. The first kappa shape index (κ1) is 9.46. The average molecular weight is 209 g/mol. The monoisotopic (exact) mass is 209 g/mol. The van der Waals surface area contributed by atoms with Crippen LogP contribution in [0.4, 0.5) is 0 Å². The van der Waals surface area contributed by atoms with E-state index in [4.69, 9.17) is 0 Å². The van der Waals surface area contributed by atoms with Gasteiger partial charge in [0.05, 0.1) is 0 Å². The van der Waals surface area contributed by atoms with Crippen molar-refractivity contribution in [2.24, 2.45) is 0 Å². The average Bonchev–Trinajstić information content (AvgIpc) is 2.64. The van der Waals surface area contributed by atoms with Gasteiger partial charge in [0.25, 0.3) is 0 Å². The number of nitrogens with one attached hydrogen (secondary N) is 1. The zero-order valence-corrected chi connectivity index (χ0v) is 9.89. The third-order valence-corrected chi connectivity index (χ3v) is 3.62. The number of aromatic nitrogens is 1. The van der Waals surface area contributed by atoms with E-state index in [0.29, 0.717) is 0 Å². The molecule has 0 aliphatic carbocycles. The van der Waals surface area contributed by atoms with Crippen LogP contribution in [0.2, 0.25) is 0 Å². The Morgan fingerprint density at radius 3 is 2.44 bits per heavy atom. The summed E-state index contributed by atoms with van der Waals surface area (Å²) in [6, 6.07) is 10.8. The second kappa shape index (κ2) is 3.11. The second-order valence-electron chi connectivity index (χ2n) is 4.54. The number of hydrogen-bond donors (Lipinski definition) is 1. The van der Waals surface area contributed by atoms with E-state index in [9.17, 15) is 0 Å². The molecule has 0 aliphatic heterocycles. The molecule has 0 fully saturated rings. The molecule has 16 heavy (non-hydrogen) atoms. The Morgan fingerprint density at radius 1 is 0.875 bits per heavy atom. The summed E-state index contributed by atoms with van der Waals surface area (Å²) in [6.07, 6.45) is 0. The van der Waals surface area contributed by atoms with E-state index in [1.807, 2.05) is 0 Å². The first-order chi connectivity index (χ1) is 7.68. The lowest BCUT2D eigenvalue weighted by Crippen LogP contribution is -1.86. The fraction of sp³-hybridized carbons (Fsp3) is 0.200. The molecule has 0 aliphatic rings. The molecule has 2 aromatic carbocycles. The highest BCUT2D eigenvalue weighted by Gasteiger charge is 2.09. The van der Waals surface area contributed by atoms with Gasteiger partial charge in [-0.25, -0.2) is 0 Å². The van der Waals surface area contributed by atoms with Crippen LogP contribution in [0.3, 0.4) is 0 Å². The first-order valence-corrected chi connectivity index (χ1v) is 5.65. The molecule has 3 rings (SSSR count). The van der Waals surface area contributed by atoms with Crippen LogP contribution in [0.15, 0.2) is 30.3 Å². The van der Waals surface area contributed by atoms with Crippen molar-refractivity contribution in [3.05, 3.63) is 47.0 Å². The van der Waals surface area contributed by atoms with Crippen molar-refractivity contribution in [2.45, 2.75) is 20.8 Å². The summed E-state index contributed by atoms with van der Waals surface area (Å²) in [4.78, 5) is 3.49. The van der Waals surface area contributed by atoms with Crippen LogP contribution in [0.5, 0.6) is 0 Å². The first-order valence-electron chi connectivity index (χ1n) is 5.65. The van der Waals surface area contributed by atoms with Crippen molar-refractivity contribution in [3.63, 3.8) is 0 Å². The van der Waals surface area contributed by atoms with Gasteiger partial charge in [-0.1, -0.05) is 18.2 Å². The summed E-state index contributed by atoms with van der Waals surface area (Å²) in [7, 11) is 0. The SMILES string of the molecule is Cc1cc2[nH]c3ccccc3c2c(C)c1C. The Bertz CT molecular complexity index is 689. The molecule has 3 aromatic rings. The topological polar surface area (TPSA) is 15.8 Å². The lowest BCUT2D eigenvalue weighted by molar-refractivity contribution is 1.29. The van der Waals surface area contributed by atoms with Gasteiger partial charge in [-0.2, -0.15) is 0 Å². The number of hydrogen-bond acceptors (Lipinski definition) is 0. The number of aromatic amines is 1. The highest BCUT2D eigenvalue weighted by atomic mass is 14.7. The largest absolute Gasteiger partial charge is 0.354 e. The quantitative estimate of drug-likeness (QED) is 0.569. The molecule has 0 spiro atoms. The molecule has 1 nitrogen and oxygen atoms in total. The van der Waals surface area contributed by atoms with Crippen molar-refractivity contribution in [2.75, 3.05) is 0 Å². The molecule has 0 saturated heterocycles. The number of para-hydroxylation sites is 1. The molecular formula is C15H15N. The predicted molar refractivity (Wildman–Crippen MR) is 70.0 cm³/mol. The lowest BCUT2D eigenvalue weighted by Gasteiger charge is -2.06. The van der Waals surface area contributed by atoms with Crippen molar-refractivity contribution < 1.29 is 0 Å². The normalized spacial score (nSPS) is 11.4. The fourth-order valence-electron chi connectivity index (χ4n) is 2.48. The minimum atomic E-state index is 1.23. The van der Waals surface area contributed by atoms with E-state index in [2.05, 4.69) is 56.1 Å². The zero-order valence-electron chi connectivity index (χ0n) is 9.89. The molecule has 80 valence electrons. The zero-order chi connectivity index (χ0) is 11.3. The number of H-pyrrole nitrogens is 1. The molecule has 0 amide bonds. The maximum absolute atomic E-state index is 3.49. The molecule has 0 unspecified atom stereocenters. The summed E-state index contributed by atoms with van der Waals surface area (Å²) in [5.74, 6) is 0. The maximum atomic E-state index is 3.49. The number of benzene rings is 2. The van der Waals surface area contributed by atoms with E-state index in [1.165, 1.54) is 38.5 Å². The van der Waals surface area contributed by atoms with Crippen LogP contribution in [0.25, 0.3) is 21.8 Å². The Labute approximate surface area is 95.1 Å². The second-order valence-corrected chi connectivity index (χ2v) is 4.54. The van der Waals surface area contributed by atoms with Crippen molar-refractivity contribution in [3.8, 4) is 0 Å². The van der Waals surface area contributed by atoms with E-state index in [1.54, 1.807) is 0 Å². The summed E-state index contributed by atoms with van der Waals surface area (Å²) < 4.78 is 0. The van der Waals surface area contributed by atoms with Crippen LogP contribution in [0, 0.1) is 20.8 Å². The predicted octanol–water partition coefficient (Wildman–Crippen LogP) is 4.25. The highest BCUT2D eigenvalue weighted by molar-refractivity contribution is 6.09. The molecule has 1 heterocycles. The molecule has 0 radical (unpaired) electrons. The maximum Gasteiger partial charge on any atom is 0.0470 e. The molecular weight excluding hydrogens is 194 g/mol. The van der Waals surface area contributed by atoms with E-state index >= 15 is 0 Å². The number of rotatable bonds is 0. The Hall–Kier alpha value is -1.76. The van der Waals surface area contributed by atoms with Gasteiger partial charge in [0.15, 0.2) is 0 Å². The van der Waals surface area contributed by atoms with Gasteiger partial charge in [-0.3, -0.25) is 0 Å². The van der Waals surface area contributed by atoms with Gasteiger partial charge >= 0.3 is 0 Å². The van der Waals surface area contributed by atoms with Gasteiger partial charge in [-0.05, 0) is 49.6 Å². The van der Waals surface area contributed by atoms with E-state index in [0.717, 1.165) is 0 Å². The third-order valence-electron chi connectivity index (χ3n) is 3.62. The van der Waals surface area contributed by atoms with Crippen LogP contribution in [-0.4, -0.2) is 4.98 Å². The Kier molecular flexibility index (Phi) is 1.84. The lowest BCUT2D eigenvalue weighted by atomic mass is 9.99. The fourth-order valence-corrected chi connectivity index (χ4v) is 2.48. The van der Waals surface area contributed by atoms with Gasteiger partial charge in [0.1, 0.15) is 0 Å². The molecule has 0 bridgehead atoms. The van der Waals surface area contributed by atoms with Gasteiger partial charge in [0, 0.05) is 21.8 Å². The van der Waals surface area contributed by atoms with Gasteiger partial charge < -0.3 is 4.98 Å².